The van der Waals surface area contributed by atoms with Crippen molar-refractivity contribution >= 4 is 27.7 Å². The van der Waals surface area contributed by atoms with E-state index in [1.807, 2.05) is 50.2 Å². The average molecular weight is 478 g/mol. The van der Waals surface area contributed by atoms with E-state index in [4.69, 9.17) is 9.47 Å². The van der Waals surface area contributed by atoms with Crippen molar-refractivity contribution in [1.29, 1.82) is 0 Å². The van der Waals surface area contributed by atoms with Crippen LogP contribution in [0, 0.1) is 0 Å². The molecule has 0 aliphatic carbocycles. The van der Waals surface area contributed by atoms with E-state index in [9.17, 15) is 0 Å². The number of para-hydroxylation sites is 1. The number of hydrogen-bond donors (Lipinski definition) is 1. The van der Waals surface area contributed by atoms with Crippen molar-refractivity contribution in [3.05, 3.63) is 52.5 Å². The number of nitrogens with one attached hydrogen (secondary N) is 1. The van der Waals surface area contributed by atoms with Gasteiger partial charge in [0.15, 0.2) is 11.5 Å². The van der Waals surface area contributed by atoms with Gasteiger partial charge in [0.25, 0.3) is 0 Å². The Morgan fingerprint density at radius 3 is 2.66 bits per heavy atom. The molecule has 154 valence electrons. The lowest BCUT2D eigenvalue weighted by molar-refractivity contribution is 0.286. The Morgan fingerprint density at radius 2 is 1.90 bits per heavy atom. The number of halogens is 1. The van der Waals surface area contributed by atoms with E-state index >= 15 is 0 Å². The summed E-state index contributed by atoms with van der Waals surface area (Å²) in [7, 11) is 0. The number of tetrazole rings is 1. The third kappa shape index (κ3) is 5.94. The molecule has 0 saturated carbocycles. The van der Waals surface area contributed by atoms with Gasteiger partial charge in [0.2, 0.25) is 5.16 Å². The van der Waals surface area contributed by atoms with Gasteiger partial charge in [-0.2, -0.15) is 4.68 Å². The monoisotopic (exact) mass is 477 g/mol. The number of hydrogen-bond acceptors (Lipinski definition) is 7. The minimum absolute atomic E-state index is 0.593. The molecule has 0 atom stereocenters. The molecular formula is C20H24BrN5O2S. The van der Waals surface area contributed by atoms with Crippen molar-refractivity contribution in [3.8, 4) is 17.2 Å². The second-order valence-electron chi connectivity index (χ2n) is 6.00. The first-order chi connectivity index (χ1) is 14.2. The molecule has 0 spiro atoms. The van der Waals surface area contributed by atoms with Crippen LogP contribution in [0.3, 0.4) is 0 Å². The fourth-order valence-corrected chi connectivity index (χ4v) is 4.11. The first-order valence-corrected chi connectivity index (χ1v) is 11.3. The number of benzene rings is 2. The molecular weight excluding hydrogens is 454 g/mol. The largest absolute Gasteiger partial charge is 0.490 e. The Bertz CT molecular complexity index is 907. The SMILES string of the molecule is CCOc1cc(CNCCSc2nnnn2-c2ccccc2)cc(Br)c1OCC. The summed E-state index contributed by atoms with van der Waals surface area (Å²) in [5, 5.41) is 16.2. The molecule has 0 amide bonds. The van der Waals surface area contributed by atoms with E-state index in [1.165, 1.54) is 0 Å². The number of ether oxygens (including phenoxy) is 2. The highest BCUT2D eigenvalue weighted by Gasteiger charge is 2.12. The van der Waals surface area contributed by atoms with Gasteiger partial charge in [-0.15, -0.1) is 5.10 Å². The zero-order valence-electron chi connectivity index (χ0n) is 16.5. The number of rotatable bonds is 11. The topological polar surface area (TPSA) is 74.1 Å². The fourth-order valence-electron chi connectivity index (χ4n) is 2.72. The maximum absolute atomic E-state index is 5.73. The molecule has 3 rings (SSSR count). The number of nitrogens with zero attached hydrogens (tertiary/aromatic N) is 4. The molecule has 9 heteroatoms. The molecule has 7 nitrogen and oxygen atoms in total. The lowest BCUT2D eigenvalue weighted by Crippen LogP contribution is -2.17. The van der Waals surface area contributed by atoms with Crippen molar-refractivity contribution < 1.29 is 9.47 Å². The summed E-state index contributed by atoms with van der Waals surface area (Å²) in [6, 6.07) is 14.0. The number of aromatic nitrogens is 4. The van der Waals surface area contributed by atoms with Gasteiger partial charge in [-0.05, 0) is 70.0 Å². The summed E-state index contributed by atoms with van der Waals surface area (Å²) < 4.78 is 14.1. The quantitative estimate of drug-likeness (QED) is 0.329. The Labute approximate surface area is 183 Å². The summed E-state index contributed by atoms with van der Waals surface area (Å²) in [6.07, 6.45) is 0. The van der Waals surface area contributed by atoms with Gasteiger partial charge in [-0.3, -0.25) is 0 Å². The number of thioether (sulfide) groups is 1. The smallest absolute Gasteiger partial charge is 0.214 e. The Balaban J connectivity index is 1.52. The molecule has 0 radical (unpaired) electrons. The second kappa shape index (κ2) is 11.2. The van der Waals surface area contributed by atoms with E-state index in [2.05, 4.69) is 42.8 Å². The van der Waals surface area contributed by atoms with Crippen LogP contribution in [0.5, 0.6) is 11.5 Å². The molecule has 3 aromatic rings. The highest BCUT2D eigenvalue weighted by atomic mass is 79.9. The predicted octanol–water partition coefficient (Wildman–Crippen LogP) is 4.10. The second-order valence-corrected chi connectivity index (χ2v) is 7.92. The van der Waals surface area contributed by atoms with Crippen LogP contribution in [0.1, 0.15) is 19.4 Å². The van der Waals surface area contributed by atoms with E-state index in [0.29, 0.717) is 13.2 Å². The normalized spacial score (nSPS) is 10.9. The van der Waals surface area contributed by atoms with Crippen molar-refractivity contribution in [1.82, 2.24) is 25.5 Å². The third-order valence-corrected chi connectivity index (χ3v) is 5.45. The van der Waals surface area contributed by atoms with Crippen LogP contribution in [-0.2, 0) is 6.54 Å². The van der Waals surface area contributed by atoms with Crippen molar-refractivity contribution in [2.45, 2.75) is 25.5 Å². The average Bonchev–Trinajstić information content (AvgIpc) is 3.20. The van der Waals surface area contributed by atoms with Gasteiger partial charge in [0, 0.05) is 18.8 Å². The molecule has 0 fully saturated rings. The molecule has 2 aromatic carbocycles. The maximum atomic E-state index is 5.73. The summed E-state index contributed by atoms with van der Waals surface area (Å²) in [5.41, 5.74) is 2.08. The summed E-state index contributed by atoms with van der Waals surface area (Å²) in [5.74, 6) is 2.36. The van der Waals surface area contributed by atoms with Crippen molar-refractivity contribution in [2.75, 3.05) is 25.5 Å². The van der Waals surface area contributed by atoms with Crippen molar-refractivity contribution in [2.24, 2.45) is 0 Å². The van der Waals surface area contributed by atoms with E-state index in [1.54, 1.807) is 16.4 Å². The predicted molar refractivity (Wildman–Crippen MR) is 118 cm³/mol. The first kappa shape index (κ1) is 21.6. The van der Waals surface area contributed by atoms with Crippen LogP contribution < -0.4 is 14.8 Å². The lowest BCUT2D eigenvalue weighted by atomic mass is 10.2. The van der Waals surface area contributed by atoms with Gasteiger partial charge in [0.05, 0.1) is 23.4 Å². The standard InChI is InChI=1S/C20H24BrN5O2S/c1-3-27-18-13-15(12-17(21)19(18)28-4-2)14-22-10-11-29-20-23-24-25-26(20)16-8-6-5-7-9-16/h5-9,12-13,22H,3-4,10-11,14H2,1-2H3. The molecule has 0 aliphatic heterocycles. The molecule has 0 saturated heterocycles. The molecule has 29 heavy (non-hydrogen) atoms. The van der Waals surface area contributed by atoms with Gasteiger partial charge in [-0.25, -0.2) is 0 Å². The van der Waals surface area contributed by atoms with Crippen LogP contribution in [-0.4, -0.2) is 45.7 Å². The molecule has 1 heterocycles. The maximum Gasteiger partial charge on any atom is 0.214 e. The summed E-state index contributed by atoms with van der Waals surface area (Å²) in [4.78, 5) is 0. The zero-order valence-corrected chi connectivity index (χ0v) is 18.9. The lowest BCUT2D eigenvalue weighted by Gasteiger charge is -2.15. The van der Waals surface area contributed by atoms with E-state index in [-0.39, 0.29) is 0 Å². The van der Waals surface area contributed by atoms with E-state index in [0.717, 1.165) is 51.2 Å². The van der Waals surface area contributed by atoms with Crippen LogP contribution in [0.15, 0.2) is 52.1 Å². The van der Waals surface area contributed by atoms with Crippen molar-refractivity contribution in [3.63, 3.8) is 0 Å². The van der Waals surface area contributed by atoms with Crippen LogP contribution >= 0.6 is 27.7 Å². The van der Waals surface area contributed by atoms with Gasteiger partial charge in [-0.1, -0.05) is 30.0 Å². The molecule has 1 aromatic heterocycles. The highest BCUT2D eigenvalue weighted by molar-refractivity contribution is 9.10. The highest BCUT2D eigenvalue weighted by Crippen LogP contribution is 2.37. The minimum atomic E-state index is 0.593. The Kier molecular flexibility index (Phi) is 8.33. The van der Waals surface area contributed by atoms with Crippen LogP contribution in [0.4, 0.5) is 0 Å². The van der Waals surface area contributed by atoms with Gasteiger partial charge >= 0.3 is 0 Å². The molecule has 1 N–H and O–H groups in total. The van der Waals surface area contributed by atoms with Crippen LogP contribution in [0.25, 0.3) is 5.69 Å². The first-order valence-electron chi connectivity index (χ1n) is 9.48. The third-order valence-electron chi connectivity index (χ3n) is 3.94. The fraction of sp³-hybridized carbons (Fsp3) is 0.350. The Morgan fingerprint density at radius 1 is 1.10 bits per heavy atom. The van der Waals surface area contributed by atoms with E-state index < -0.39 is 0 Å². The van der Waals surface area contributed by atoms with Crippen LogP contribution in [0.2, 0.25) is 0 Å². The van der Waals surface area contributed by atoms with Gasteiger partial charge in [0.1, 0.15) is 0 Å². The Hall–Kier alpha value is -2.10. The minimum Gasteiger partial charge on any atom is -0.490 e. The molecule has 0 aliphatic rings. The van der Waals surface area contributed by atoms with Gasteiger partial charge < -0.3 is 14.8 Å². The summed E-state index contributed by atoms with van der Waals surface area (Å²) in [6.45, 7) is 6.67. The zero-order chi connectivity index (χ0) is 20.5. The molecule has 0 bridgehead atoms. The summed E-state index contributed by atoms with van der Waals surface area (Å²) >= 11 is 5.20. The molecule has 0 unspecified atom stereocenters.